The van der Waals surface area contributed by atoms with E-state index in [4.69, 9.17) is 5.11 Å². The fourth-order valence-corrected chi connectivity index (χ4v) is 1.62. The lowest BCUT2D eigenvalue weighted by molar-refractivity contribution is 0.0952. The zero-order valence-corrected chi connectivity index (χ0v) is 10.3. The largest absolute Gasteiger partial charge is 0.396 e. The quantitative estimate of drug-likeness (QED) is 0.652. The highest BCUT2D eigenvalue weighted by atomic mass is 16.2. The minimum Gasteiger partial charge on any atom is -0.396 e. The molecule has 2 aromatic rings. The summed E-state index contributed by atoms with van der Waals surface area (Å²) in [5, 5.41) is 25.0. The number of amides is 1. The van der Waals surface area contributed by atoms with Crippen LogP contribution < -0.4 is 5.32 Å². The number of aromatic amines is 1. The number of aliphatic hydroxyl groups is 1. The van der Waals surface area contributed by atoms with Gasteiger partial charge in [0.25, 0.3) is 5.91 Å². The second-order valence-corrected chi connectivity index (χ2v) is 4.00. The lowest BCUT2D eigenvalue weighted by atomic mass is 10.1. The van der Waals surface area contributed by atoms with E-state index in [-0.39, 0.29) is 12.5 Å². The van der Waals surface area contributed by atoms with Crippen molar-refractivity contribution < 1.29 is 9.90 Å². The first-order valence-electron chi connectivity index (χ1n) is 6.04. The van der Waals surface area contributed by atoms with Crippen LogP contribution in [0.2, 0.25) is 0 Å². The van der Waals surface area contributed by atoms with Crippen LogP contribution in [0.3, 0.4) is 0 Å². The summed E-state index contributed by atoms with van der Waals surface area (Å²) in [6.45, 7) is 0.689. The van der Waals surface area contributed by atoms with E-state index in [9.17, 15) is 4.79 Å². The number of carbonyl (C=O) groups excluding carboxylic acids is 1. The molecule has 1 aromatic heterocycles. The summed E-state index contributed by atoms with van der Waals surface area (Å²) >= 11 is 0. The van der Waals surface area contributed by atoms with Crippen molar-refractivity contribution in [3.05, 3.63) is 29.8 Å². The van der Waals surface area contributed by atoms with Gasteiger partial charge in [-0.25, -0.2) is 0 Å². The Morgan fingerprint density at radius 1 is 1.37 bits per heavy atom. The molecule has 0 fully saturated rings. The molecule has 1 amide bonds. The summed E-state index contributed by atoms with van der Waals surface area (Å²) in [5.41, 5.74) is 1.28. The van der Waals surface area contributed by atoms with Gasteiger partial charge < -0.3 is 10.4 Å². The van der Waals surface area contributed by atoms with Crippen LogP contribution in [0.25, 0.3) is 11.4 Å². The van der Waals surface area contributed by atoms with E-state index in [1.54, 1.807) is 18.2 Å². The summed E-state index contributed by atoms with van der Waals surface area (Å²) in [4.78, 5) is 11.9. The molecule has 0 atom stereocenters. The lowest BCUT2D eigenvalue weighted by Crippen LogP contribution is -2.24. The number of rotatable bonds is 6. The molecule has 19 heavy (non-hydrogen) atoms. The Hall–Kier alpha value is -2.28. The van der Waals surface area contributed by atoms with Crippen LogP contribution in [0.5, 0.6) is 0 Å². The Bertz CT molecular complexity index is 527. The van der Waals surface area contributed by atoms with E-state index in [0.29, 0.717) is 24.4 Å². The molecule has 100 valence electrons. The fraction of sp³-hybridized carbons (Fsp3) is 0.333. The van der Waals surface area contributed by atoms with Crippen LogP contribution in [-0.4, -0.2) is 44.8 Å². The Labute approximate surface area is 110 Å². The molecule has 0 saturated heterocycles. The lowest BCUT2D eigenvalue weighted by Gasteiger charge is -2.05. The Morgan fingerprint density at radius 2 is 2.26 bits per heavy atom. The molecule has 0 aliphatic carbocycles. The van der Waals surface area contributed by atoms with Crippen LogP contribution >= 0.6 is 0 Å². The molecule has 7 heteroatoms. The molecule has 2 rings (SSSR count). The molecule has 7 nitrogen and oxygen atoms in total. The maximum Gasteiger partial charge on any atom is 0.251 e. The van der Waals surface area contributed by atoms with Crippen LogP contribution in [-0.2, 0) is 0 Å². The van der Waals surface area contributed by atoms with Gasteiger partial charge in [-0.15, -0.1) is 10.2 Å². The molecular formula is C12H15N5O2. The van der Waals surface area contributed by atoms with Gasteiger partial charge in [-0.1, -0.05) is 12.1 Å². The minimum atomic E-state index is -0.150. The number of carbonyl (C=O) groups is 1. The van der Waals surface area contributed by atoms with Crippen LogP contribution in [0.15, 0.2) is 24.3 Å². The van der Waals surface area contributed by atoms with Crippen molar-refractivity contribution in [2.75, 3.05) is 13.2 Å². The SMILES string of the molecule is O=C(NCCCCO)c1cccc(-c2nn[nH]n2)c1. The number of H-pyrrole nitrogens is 1. The monoisotopic (exact) mass is 261 g/mol. The maximum atomic E-state index is 11.9. The molecule has 3 N–H and O–H groups in total. The number of nitrogens with zero attached hydrogens (tertiary/aromatic N) is 3. The van der Waals surface area contributed by atoms with Crippen molar-refractivity contribution in [3.63, 3.8) is 0 Å². The standard InChI is InChI=1S/C12H15N5O2/c18-7-2-1-6-13-12(19)10-5-3-4-9(8-10)11-14-16-17-15-11/h3-5,8,18H,1-2,6-7H2,(H,13,19)(H,14,15,16,17). The summed E-state index contributed by atoms with van der Waals surface area (Å²) in [5.74, 6) is 0.304. The van der Waals surface area contributed by atoms with Crippen LogP contribution in [0.4, 0.5) is 0 Å². The van der Waals surface area contributed by atoms with Crippen molar-refractivity contribution in [3.8, 4) is 11.4 Å². The van der Waals surface area contributed by atoms with E-state index < -0.39 is 0 Å². The number of tetrazole rings is 1. The molecule has 0 aliphatic heterocycles. The van der Waals surface area contributed by atoms with Gasteiger partial charge in [0.15, 0.2) is 0 Å². The van der Waals surface area contributed by atoms with Crippen molar-refractivity contribution in [1.29, 1.82) is 0 Å². The van der Waals surface area contributed by atoms with E-state index in [0.717, 1.165) is 12.0 Å². The molecule has 0 unspecified atom stereocenters. The fourth-order valence-electron chi connectivity index (χ4n) is 1.62. The molecule has 0 aliphatic rings. The van der Waals surface area contributed by atoms with Gasteiger partial charge >= 0.3 is 0 Å². The number of unbranched alkanes of at least 4 members (excludes halogenated alkanes) is 1. The van der Waals surface area contributed by atoms with Crippen LogP contribution in [0.1, 0.15) is 23.2 Å². The number of aliphatic hydroxyl groups excluding tert-OH is 1. The van der Waals surface area contributed by atoms with Gasteiger partial charge in [0, 0.05) is 24.3 Å². The van der Waals surface area contributed by atoms with E-state index >= 15 is 0 Å². The molecule has 1 heterocycles. The highest BCUT2D eigenvalue weighted by molar-refractivity contribution is 5.95. The minimum absolute atomic E-state index is 0.142. The average Bonchev–Trinajstić information content (AvgIpc) is 2.98. The van der Waals surface area contributed by atoms with E-state index in [1.807, 2.05) is 6.07 Å². The normalized spacial score (nSPS) is 10.4. The summed E-state index contributed by atoms with van der Waals surface area (Å²) in [7, 11) is 0. The van der Waals surface area contributed by atoms with Crippen molar-refractivity contribution >= 4 is 5.91 Å². The first kappa shape index (κ1) is 13.2. The maximum absolute atomic E-state index is 11.9. The first-order valence-corrected chi connectivity index (χ1v) is 6.04. The number of hydrogen-bond acceptors (Lipinski definition) is 5. The number of aromatic nitrogens is 4. The Morgan fingerprint density at radius 3 is 3.00 bits per heavy atom. The number of nitrogens with one attached hydrogen (secondary N) is 2. The van der Waals surface area contributed by atoms with Crippen molar-refractivity contribution in [2.45, 2.75) is 12.8 Å². The second-order valence-electron chi connectivity index (χ2n) is 4.00. The Kier molecular flexibility index (Phi) is 4.57. The summed E-state index contributed by atoms with van der Waals surface area (Å²) in [6, 6.07) is 7.03. The van der Waals surface area contributed by atoms with Gasteiger partial charge in [-0.3, -0.25) is 4.79 Å². The van der Waals surface area contributed by atoms with Gasteiger partial charge in [0.1, 0.15) is 0 Å². The topological polar surface area (TPSA) is 104 Å². The molecule has 0 radical (unpaired) electrons. The second kappa shape index (κ2) is 6.60. The van der Waals surface area contributed by atoms with E-state index in [2.05, 4.69) is 25.9 Å². The zero-order valence-electron chi connectivity index (χ0n) is 10.3. The molecule has 0 spiro atoms. The van der Waals surface area contributed by atoms with Gasteiger partial charge in [-0.05, 0) is 30.2 Å². The number of benzene rings is 1. The van der Waals surface area contributed by atoms with Gasteiger partial charge in [0.05, 0.1) is 0 Å². The zero-order chi connectivity index (χ0) is 13.5. The predicted octanol–water partition coefficient (Wildman–Crippen LogP) is 0.369. The highest BCUT2D eigenvalue weighted by Crippen LogP contribution is 2.14. The third kappa shape index (κ3) is 3.59. The Balaban J connectivity index is 2.00. The molecule has 0 saturated carbocycles. The summed E-state index contributed by atoms with van der Waals surface area (Å²) < 4.78 is 0. The average molecular weight is 261 g/mol. The smallest absolute Gasteiger partial charge is 0.251 e. The molecule has 0 bridgehead atoms. The summed E-state index contributed by atoms with van der Waals surface area (Å²) in [6.07, 6.45) is 1.44. The highest BCUT2D eigenvalue weighted by Gasteiger charge is 2.08. The van der Waals surface area contributed by atoms with Gasteiger partial charge in [0.2, 0.25) is 5.82 Å². The van der Waals surface area contributed by atoms with E-state index in [1.165, 1.54) is 0 Å². The number of hydrogen-bond donors (Lipinski definition) is 3. The first-order chi connectivity index (χ1) is 9.31. The third-order valence-corrected chi connectivity index (χ3v) is 2.60. The predicted molar refractivity (Wildman–Crippen MR) is 68.3 cm³/mol. The third-order valence-electron chi connectivity index (χ3n) is 2.60. The van der Waals surface area contributed by atoms with Crippen molar-refractivity contribution in [1.82, 2.24) is 25.9 Å². The molecular weight excluding hydrogens is 246 g/mol. The van der Waals surface area contributed by atoms with Crippen LogP contribution in [0, 0.1) is 0 Å². The van der Waals surface area contributed by atoms with Crippen molar-refractivity contribution in [2.24, 2.45) is 0 Å². The van der Waals surface area contributed by atoms with Gasteiger partial charge in [-0.2, -0.15) is 5.21 Å². The molecule has 1 aromatic carbocycles.